The number of unbranched alkanes of at least 4 members (excludes halogenated alkanes) is 1. The number of pyridine rings is 1. The Morgan fingerprint density at radius 2 is 2.20 bits per heavy atom. The van der Waals surface area contributed by atoms with Gasteiger partial charge < -0.3 is 9.47 Å². The first-order valence-electron chi connectivity index (χ1n) is 7.95. The average Bonchev–Trinajstić information content (AvgIpc) is 2.63. The van der Waals surface area contributed by atoms with E-state index < -0.39 is 6.09 Å². The summed E-state index contributed by atoms with van der Waals surface area (Å²) >= 11 is 0. The first-order chi connectivity index (χ1) is 12.2. The molecule has 1 aromatic carbocycles. The van der Waals surface area contributed by atoms with Gasteiger partial charge in [-0.15, -0.1) is 0 Å². The maximum absolute atomic E-state index is 11.8. The number of hydrogen-bond acceptors (Lipinski definition) is 6. The fraction of sp³-hybridized carbons (Fsp3) is 0.278. The Hall–Kier alpha value is -3.09. The highest BCUT2D eigenvalue weighted by Crippen LogP contribution is 2.30. The molecule has 25 heavy (non-hydrogen) atoms. The molecular formula is C18H21N3O4. The van der Waals surface area contributed by atoms with Crippen LogP contribution in [0, 0.1) is 0 Å². The fourth-order valence-electron chi connectivity index (χ4n) is 1.92. The molecule has 132 valence electrons. The van der Waals surface area contributed by atoms with Crippen LogP contribution in [0.4, 0.5) is 10.5 Å². The zero-order valence-electron chi connectivity index (χ0n) is 14.3. The molecule has 1 N–H and O–H groups in total. The summed E-state index contributed by atoms with van der Waals surface area (Å²) in [6.45, 7) is 2.71. The van der Waals surface area contributed by atoms with Crippen LogP contribution in [0.15, 0.2) is 47.9 Å². The van der Waals surface area contributed by atoms with Crippen molar-refractivity contribution in [3.63, 3.8) is 0 Å². The summed E-state index contributed by atoms with van der Waals surface area (Å²) in [7, 11) is 1.54. The van der Waals surface area contributed by atoms with Crippen LogP contribution < -0.4 is 14.8 Å². The third-order valence-electron chi connectivity index (χ3n) is 3.19. The van der Waals surface area contributed by atoms with E-state index in [0.717, 1.165) is 18.4 Å². The second-order valence-corrected chi connectivity index (χ2v) is 5.09. The molecule has 1 aromatic heterocycles. The van der Waals surface area contributed by atoms with E-state index in [4.69, 9.17) is 14.3 Å². The molecule has 0 saturated heterocycles. The van der Waals surface area contributed by atoms with Gasteiger partial charge in [-0.2, -0.15) is 0 Å². The first kappa shape index (κ1) is 18.3. The number of methoxy groups -OCH3 is 1. The summed E-state index contributed by atoms with van der Waals surface area (Å²) in [4.78, 5) is 20.4. The highest BCUT2D eigenvalue weighted by molar-refractivity contribution is 5.86. The number of ether oxygens (including phenoxy) is 2. The molecule has 0 aliphatic carbocycles. The Morgan fingerprint density at radius 3 is 2.92 bits per heavy atom. The van der Waals surface area contributed by atoms with E-state index >= 15 is 0 Å². The van der Waals surface area contributed by atoms with Crippen molar-refractivity contribution in [3.05, 3.63) is 48.3 Å². The normalized spacial score (nSPS) is 10.5. The molecule has 0 aliphatic heterocycles. The number of carbonyl (C=O) groups is 1. The Labute approximate surface area is 146 Å². The quantitative estimate of drug-likeness (QED) is 0.341. The van der Waals surface area contributed by atoms with Gasteiger partial charge in [0.1, 0.15) is 0 Å². The van der Waals surface area contributed by atoms with Crippen LogP contribution >= 0.6 is 0 Å². The van der Waals surface area contributed by atoms with E-state index in [1.54, 1.807) is 49.8 Å². The van der Waals surface area contributed by atoms with Crippen LogP contribution in [-0.2, 0) is 4.84 Å². The Balaban J connectivity index is 1.90. The molecule has 7 nitrogen and oxygen atoms in total. The smallest absolute Gasteiger partial charge is 0.437 e. The van der Waals surface area contributed by atoms with Crippen molar-refractivity contribution in [1.29, 1.82) is 0 Å². The summed E-state index contributed by atoms with van der Waals surface area (Å²) in [5.74, 6) is 1.16. The summed E-state index contributed by atoms with van der Waals surface area (Å²) in [5.41, 5.74) is 1.24. The molecule has 0 radical (unpaired) electrons. The second kappa shape index (κ2) is 9.92. The lowest BCUT2D eigenvalue weighted by Gasteiger charge is -2.12. The number of nitrogens with one attached hydrogen (secondary N) is 1. The zero-order chi connectivity index (χ0) is 17.9. The second-order valence-electron chi connectivity index (χ2n) is 5.09. The Kier molecular flexibility index (Phi) is 7.24. The predicted octanol–water partition coefficient (Wildman–Crippen LogP) is 3.85. The number of benzene rings is 1. The van der Waals surface area contributed by atoms with Gasteiger partial charge in [0.25, 0.3) is 0 Å². The number of hydrogen-bond donors (Lipinski definition) is 1. The molecule has 0 bridgehead atoms. The van der Waals surface area contributed by atoms with Crippen molar-refractivity contribution >= 4 is 18.0 Å². The highest BCUT2D eigenvalue weighted by Gasteiger charge is 2.08. The lowest BCUT2D eigenvalue weighted by Crippen LogP contribution is -2.11. The van der Waals surface area contributed by atoms with E-state index in [0.29, 0.717) is 23.8 Å². The van der Waals surface area contributed by atoms with Crippen molar-refractivity contribution < 1.29 is 19.1 Å². The van der Waals surface area contributed by atoms with E-state index in [1.807, 2.05) is 0 Å². The van der Waals surface area contributed by atoms with Gasteiger partial charge in [0.05, 0.1) is 19.9 Å². The number of anilines is 1. The van der Waals surface area contributed by atoms with Gasteiger partial charge >= 0.3 is 6.09 Å². The monoisotopic (exact) mass is 343 g/mol. The van der Waals surface area contributed by atoms with E-state index in [-0.39, 0.29) is 0 Å². The van der Waals surface area contributed by atoms with Crippen LogP contribution in [0.1, 0.15) is 25.3 Å². The number of amides is 1. The lowest BCUT2D eigenvalue weighted by atomic mass is 10.2. The molecule has 0 fully saturated rings. The Morgan fingerprint density at radius 1 is 1.32 bits per heavy atom. The number of carbonyl (C=O) groups excluding carboxylic acids is 1. The number of rotatable bonds is 8. The summed E-state index contributed by atoms with van der Waals surface area (Å²) in [5, 5.41) is 6.19. The van der Waals surface area contributed by atoms with Crippen LogP contribution in [-0.4, -0.2) is 31.0 Å². The molecular weight excluding hydrogens is 322 g/mol. The minimum atomic E-state index is -0.707. The third kappa shape index (κ3) is 6.14. The summed E-state index contributed by atoms with van der Waals surface area (Å²) < 4.78 is 10.9. The minimum absolute atomic E-state index is 0.515. The molecule has 0 spiro atoms. The molecule has 0 atom stereocenters. The Bertz CT molecular complexity index is 705. The first-order valence-corrected chi connectivity index (χ1v) is 7.95. The van der Waals surface area contributed by atoms with Gasteiger partial charge in [0.2, 0.25) is 0 Å². The van der Waals surface area contributed by atoms with Gasteiger partial charge in [0.15, 0.2) is 11.5 Å². The van der Waals surface area contributed by atoms with E-state index in [9.17, 15) is 4.79 Å². The predicted molar refractivity (Wildman–Crippen MR) is 95.3 cm³/mol. The largest absolute Gasteiger partial charge is 0.493 e. The van der Waals surface area contributed by atoms with Gasteiger partial charge in [-0.05, 0) is 24.6 Å². The van der Waals surface area contributed by atoms with Crippen LogP contribution in [0.3, 0.4) is 0 Å². The fourth-order valence-corrected chi connectivity index (χ4v) is 1.92. The number of oxime groups is 1. The van der Waals surface area contributed by atoms with Crippen molar-refractivity contribution in [2.45, 2.75) is 19.8 Å². The van der Waals surface area contributed by atoms with Gasteiger partial charge in [-0.1, -0.05) is 24.6 Å². The summed E-state index contributed by atoms with van der Waals surface area (Å²) in [6, 6.07) is 8.66. The average molecular weight is 343 g/mol. The molecule has 0 saturated carbocycles. The minimum Gasteiger partial charge on any atom is -0.493 e. The lowest BCUT2D eigenvalue weighted by molar-refractivity contribution is 0.167. The molecule has 1 amide bonds. The van der Waals surface area contributed by atoms with E-state index in [1.165, 1.54) is 6.21 Å². The molecule has 2 rings (SSSR count). The highest BCUT2D eigenvalue weighted by atomic mass is 16.7. The van der Waals surface area contributed by atoms with Gasteiger partial charge in [-0.3, -0.25) is 15.1 Å². The molecule has 1 heterocycles. The van der Waals surface area contributed by atoms with Gasteiger partial charge in [-0.25, -0.2) is 4.79 Å². The van der Waals surface area contributed by atoms with Crippen LogP contribution in [0.25, 0.3) is 0 Å². The molecule has 7 heteroatoms. The molecule has 0 unspecified atom stereocenters. The molecule has 0 aliphatic rings. The maximum atomic E-state index is 11.8. The van der Waals surface area contributed by atoms with Crippen LogP contribution in [0.5, 0.6) is 11.5 Å². The van der Waals surface area contributed by atoms with Crippen LogP contribution in [0.2, 0.25) is 0 Å². The van der Waals surface area contributed by atoms with Crippen molar-refractivity contribution in [1.82, 2.24) is 4.98 Å². The summed E-state index contributed by atoms with van der Waals surface area (Å²) in [6.07, 6.45) is 5.96. The number of aromatic nitrogens is 1. The molecule has 2 aromatic rings. The van der Waals surface area contributed by atoms with E-state index in [2.05, 4.69) is 22.4 Å². The van der Waals surface area contributed by atoms with Crippen molar-refractivity contribution in [2.24, 2.45) is 5.16 Å². The third-order valence-corrected chi connectivity index (χ3v) is 3.19. The topological polar surface area (TPSA) is 82.0 Å². The van der Waals surface area contributed by atoms with Crippen molar-refractivity contribution in [3.8, 4) is 11.5 Å². The van der Waals surface area contributed by atoms with Crippen molar-refractivity contribution in [2.75, 3.05) is 19.0 Å². The standard InChI is InChI=1S/C18H21N3O4/c1-3-4-10-24-16-8-7-15(11-17(16)23-2)21-18(22)25-20-13-14-6-5-9-19-12-14/h5-9,11-13H,3-4,10H2,1-2H3,(H,21,22)/b20-13+. The zero-order valence-corrected chi connectivity index (χ0v) is 14.3. The maximum Gasteiger partial charge on any atom is 0.437 e. The van der Waals surface area contributed by atoms with Gasteiger partial charge in [0, 0.05) is 29.7 Å². The SMILES string of the molecule is CCCCOc1ccc(NC(=O)O/N=C/c2cccnc2)cc1OC. The number of nitrogens with zero attached hydrogens (tertiary/aromatic N) is 2.